The molecule has 4 rings (SSSR count). The van der Waals surface area contributed by atoms with Crippen LogP contribution in [0.25, 0.3) is 16.7 Å². The Morgan fingerprint density at radius 2 is 1.76 bits per heavy atom. The minimum absolute atomic E-state index is 0.0571. The SMILES string of the molecule is Cc1nc2c(C(F)(F)F)cccc2n1-c1ccc(Oc2cc(F)cc(S(C)(=O)=O)c2)cc1Cl. The molecule has 0 saturated carbocycles. The number of sulfone groups is 1. The van der Waals surface area contributed by atoms with Gasteiger partial charge in [0.05, 0.1) is 26.7 Å². The number of imidazole rings is 1. The highest BCUT2D eigenvalue weighted by Crippen LogP contribution is 2.37. The van der Waals surface area contributed by atoms with E-state index in [4.69, 9.17) is 16.3 Å². The van der Waals surface area contributed by atoms with E-state index in [0.29, 0.717) is 11.5 Å². The molecule has 0 fully saturated rings. The standard InChI is InChI=1S/C22H15ClF4N2O3S/c1-12-28-21-17(22(25,26)27)4-3-5-20(21)29(12)19-7-6-14(11-18(19)23)32-15-8-13(24)9-16(10-15)33(2,30)31/h3-11H,1-2H3. The first-order valence-electron chi connectivity index (χ1n) is 9.38. The summed E-state index contributed by atoms with van der Waals surface area (Å²) in [6, 6.07) is 11.2. The molecule has 0 unspecified atom stereocenters. The third-order valence-electron chi connectivity index (χ3n) is 4.83. The lowest BCUT2D eigenvalue weighted by Gasteiger charge is -2.13. The second kappa shape index (κ2) is 8.03. The fourth-order valence-corrected chi connectivity index (χ4v) is 4.34. The highest BCUT2D eigenvalue weighted by molar-refractivity contribution is 7.90. The zero-order valence-corrected chi connectivity index (χ0v) is 18.7. The number of para-hydroxylation sites is 1. The molecule has 0 atom stereocenters. The van der Waals surface area contributed by atoms with Crippen LogP contribution in [-0.4, -0.2) is 24.2 Å². The fourth-order valence-electron chi connectivity index (χ4n) is 3.43. The Kier molecular flexibility index (Phi) is 5.61. The molecule has 0 aliphatic rings. The van der Waals surface area contributed by atoms with Crippen LogP contribution in [0.1, 0.15) is 11.4 Å². The number of halogens is 5. The summed E-state index contributed by atoms with van der Waals surface area (Å²) in [6.45, 7) is 1.56. The topological polar surface area (TPSA) is 61.2 Å². The maximum atomic E-state index is 13.8. The smallest absolute Gasteiger partial charge is 0.418 e. The van der Waals surface area contributed by atoms with Gasteiger partial charge in [-0.3, -0.25) is 4.57 Å². The molecule has 1 aromatic heterocycles. The molecule has 3 aromatic carbocycles. The summed E-state index contributed by atoms with van der Waals surface area (Å²) in [4.78, 5) is 3.84. The lowest BCUT2D eigenvalue weighted by Crippen LogP contribution is -2.05. The predicted octanol–water partition coefficient (Wildman–Crippen LogP) is 6.34. The number of hydrogen-bond donors (Lipinski definition) is 0. The van der Waals surface area contributed by atoms with Crippen LogP contribution in [0.2, 0.25) is 5.02 Å². The third kappa shape index (κ3) is 4.53. The number of fused-ring (bicyclic) bond motifs is 1. The van der Waals surface area contributed by atoms with Gasteiger partial charge in [-0.25, -0.2) is 17.8 Å². The molecule has 0 N–H and O–H groups in total. The number of rotatable bonds is 4. The summed E-state index contributed by atoms with van der Waals surface area (Å²) in [7, 11) is -3.66. The van der Waals surface area contributed by atoms with Crippen LogP contribution >= 0.6 is 11.6 Å². The minimum Gasteiger partial charge on any atom is -0.457 e. The van der Waals surface area contributed by atoms with E-state index >= 15 is 0 Å². The Morgan fingerprint density at radius 3 is 2.39 bits per heavy atom. The number of benzene rings is 3. The number of aromatic nitrogens is 2. The Balaban J connectivity index is 1.75. The van der Waals surface area contributed by atoms with Gasteiger partial charge in [0.1, 0.15) is 28.7 Å². The molecule has 33 heavy (non-hydrogen) atoms. The van der Waals surface area contributed by atoms with Crippen molar-refractivity contribution in [3.63, 3.8) is 0 Å². The molecule has 0 spiro atoms. The molecule has 4 aromatic rings. The quantitative estimate of drug-likeness (QED) is 0.308. The second-order valence-electron chi connectivity index (χ2n) is 7.28. The Bertz CT molecular complexity index is 1500. The second-order valence-corrected chi connectivity index (χ2v) is 9.70. The summed E-state index contributed by atoms with van der Waals surface area (Å²) in [5.41, 5.74) is -0.474. The van der Waals surface area contributed by atoms with E-state index in [1.165, 1.54) is 41.0 Å². The van der Waals surface area contributed by atoms with Crippen molar-refractivity contribution in [1.82, 2.24) is 9.55 Å². The summed E-state index contributed by atoms with van der Waals surface area (Å²) in [5.74, 6) is -0.387. The molecular formula is C22H15ClF4N2O3S. The van der Waals surface area contributed by atoms with Crippen molar-refractivity contribution < 1.29 is 30.7 Å². The molecule has 1 heterocycles. The molecule has 0 radical (unpaired) electrons. The van der Waals surface area contributed by atoms with Crippen LogP contribution in [0, 0.1) is 12.7 Å². The van der Waals surface area contributed by atoms with Gasteiger partial charge in [0.2, 0.25) is 0 Å². The molecular weight excluding hydrogens is 484 g/mol. The van der Waals surface area contributed by atoms with Crippen LogP contribution in [-0.2, 0) is 16.0 Å². The first-order chi connectivity index (χ1) is 15.3. The van der Waals surface area contributed by atoms with E-state index in [9.17, 15) is 26.0 Å². The van der Waals surface area contributed by atoms with Gasteiger partial charge in [-0.1, -0.05) is 17.7 Å². The zero-order chi connectivity index (χ0) is 24.1. The maximum Gasteiger partial charge on any atom is 0.418 e. The molecule has 0 aliphatic heterocycles. The van der Waals surface area contributed by atoms with Gasteiger partial charge in [0.15, 0.2) is 9.84 Å². The van der Waals surface area contributed by atoms with Crippen molar-refractivity contribution in [2.75, 3.05) is 6.26 Å². The van der Waals surface area contributed by atoms with Gasteiger partial charge in [0, 0.05) is 18.4 Å². The van der Waals surface area contributed by atoms with Crippen LogP contribution in [0.15, 0.2) is 59.5 Å². The van der Waals surface area contributed by atoms with E-state index in [0.717, 1.165) is 24.5 Å². The van der Waals surface area contributed by atoms with Crippen LogP contribution in [0.5, 0.6) is 11.5 Å². The lowest BCUT2D eigenvalue weighted by atomic mass is 10.1. The van der Waals surface area contributed by atoms with Crippen LogP contribution in [0.4, 0.5) is 17.6 Å². The number of hydrogen-bond acceptors (Lipinski definition) is 4. The van der Waals surface area contributed by atoms with Gasteiger partial charge >= 0.3 is 6.18 Å². The van der Waals surface area contributed by atoms with Crippen molar-refractivity contribution >= 4 is 32.5 Å². The summed E-state index contributed by atoms with van der Waals surface area (Å²) >= 11 is 6.40. The Morgan fingerprint density at radius 1 is 1.03 bits per heavy atom. The normalized spacial score (nSPS) is 12.3. The first-order valence-corrected chi connectivity index (χ1v) is 11.7. The van der Waals surface area contributed by atoms with Crippen molar-refractivity contribution in [1.29, 1.82) is 0 Å². The highest BCUT2D eigenvalue weighted by atomic mass is 35.5. The Labute approximate surface area is 191 Å². The molecule has 0 aliphatic carbocycles. The summed E-state index contributed by atoms with van der Waals surface area (Å²) < 4.78 is 84.5. The molecule has 172 valence electrons. The van der Waals surface area contributed by atoms with Gasteiger partial charge in [-0.2, -0.15) is 13.2 Å². The number of aryl methyl sites for hydroxylation is 1. The van der Waals surface area contributed by atoms with Gasteiger partial charge < -0.3 is 4.74 Å². The van der Waals surface area contributed by atoms with Crippen molar-refractivity contribution in [2.45, 2.75) is 18.0 Å². The van der Waals surface area contributed by atoms with Crippen molar-refractivity contribution in [3.05, 3.63) is 76.8 Å². The van der Waals surface area contributed by atoms with Crippen LogP contribution < -0.4 is 4.74 Å². The van der Waals surface area contributed by atoms with E-state index in [1.54, 1.807) is 6.92 Å². The number of ether oxygens (including phenoxy) is 1. The molecule has 0 amide bonds. The first kappa shape index (κ1) is 23.1. The molecule has 0 bridgehead atoms. The number of alkyl halides is 3. The lowest BCUT2D eigenvalue weighted by molar-refractivity contribution is -0.136. The largest absolute Gasteiger partial charge is 0.457 e. The average molecular weight is 499 g/mol. The van der Waals surface area contributed by atoms with E-state index in [-0.39, 0.29) is 32.5 Å². The van der Waals surface area contributed by atoms with Gasteiger partial charge in [-0.05, 0) is 43.3 Å². The Hall–Kier alpha value is -3.11. The number of nitrogens with zero attached hydrogens (tertiary/aromatic N) is 2. The predicted molar refractivity (Wildman–Crippen MR) is 115 cm³/mol. The third-order valence-corrected chi connectivity index (χ3v) is 6.22. The fraction of sp³-hybridized carbons (Fsp3) is 0.136. The van der Waals surface area contributed by atoms with Crippen LogP contribution in [0.3, 0.4) is 0 Å². The summed E-state index contributed by atoms with van der Waals surface area (Å²) in [5, 5.41) is 0.132. The molecule has 5 nitrogen and oxygen atoms in total. The molecule has 11 heteroatoms. The minimum atomic E-state index is -4.57. The van der Waals surface area contributed by atoms with Crippen molar-refractivity contribution in [3.8, 4) is 17.2 Å². The maximum absolute atomic E-state index is 13.8. The summed E-state index contributed by atoms with van der Waals surface area (Å²) in [6.07, 6.45) is -3.62. The van der Waals surface area contributed by atoms with Gasteiger partial charge in [0.25, 0.3) is 0 Å². The van der Waals surface area contributed by atoms with Crippen molar-refractivity contribution in [2.24, 2.45) is 0 Å². The monoisotopic (exact) mass is 498 g/mol. The highest BCUT2D eigenvalue weighted by Gasteiger charge is 2.34. The van der Waals surface area contributed by atoms with E-state index in [1.807, 2.05) is 0 Å². The van der Waals surface area contributed by atoms with E-state index < -0.39 is 27.4 Å². The van der Waals surface area contributed by atoms with E-state index in [2.05, 4.69) is 4.98 Å². The zero-order valence-electron chi connectivity index (χ0n) is 17.1. The van der Waals surface area contributed by atoms with Gasteiger partial charge in [-0.15, -0.1) is 0 Å². The molecule has 0 saturated heterocycles. The average Bonchev–Trinajstić information content (AvgIpc) is 3.02.